The fourth-order valence-corrected chi connectivity index (χ4v) is 4.03. The second-order valence-electron chi connectivity index (χ2n) is 7.26. The molecule has 1 saturated heterocycles. The van der Waals surface area contributed by atoms with E-state index in [0.717, 1.165) is 6.54 Å². The van der Waals surface area contributed by atoms with Crippen molar-refractivity contribution in [2.75, 3.05) is 26.2 Å². The summed E-state index contributed by atoms with van der Waals surface area (Å²) in [5, 5.41) is 6.54. The van der Waals surface area contributed by atoms with E-state index in [9.17, 15) is 4.79 Å². The fourth-order valence-electron chi connectivity index (χ4n) is 4.03. The molecule has 0 atom stereocenters. The van der Waals surface area contributed by atoms with Crippen molar-refractivity contribution in [1.29, 1.82) is 0 Å². The molecule has 3 fully saturated rings. The van der Waals surface area contributed by atoms with Gasteiger partial charge in [-0.3, -0.25) is 9.69 Å². The molecule has 1 aliphatic heterocycles. The second kappa shape index (κ2) is 7.10. The van der Waals surface area contributed by atoms with E-state index in [1.807, 2.05) is 0 Å². The van der Waals surface area contributed by atoms with E-state index in [0.29, 0.717) is 12.6 Å². The Morgan fingerprint density at radius 1 is 1.00 bits per heavy atom. The summed E-state index contributed by atoms with van der Waals surface area (Å²) in [4.78, 5) is 14.7. The van der Waals surface area contributed by atoms with Crippen molar-refractivity contribution in [3.63, 3.8) is 0 Å². The van der Waals surface area contributed by atoms with Crippen LogP contribution in [0.3, 0.4) is 0 Å². The maximum Gasteiger partial charge on any atom is 0.234 e. The number of nitrogens with one attached hydrogen (secondary N) is 2. The number of amides is 1. The van der Waals surface area contributed by atoms with Crippen LogP contribution in [0.1, 0.15) is 64.2 Å². The summed E-state index contributed by atoms with van der Waals surface area (Å²) in [5.41, 5.74) is 0.258. The Morgan fingerprint density at radius 3 is 2.33 bits per heavy atom. The molecule has 0 unspecified atom stereocenters. The average Bonchev–Trinajstić information content (AvgIpc) is 3.37. The first kappa shape index (κ1) is 15.3. The van der Waals surface area contributed by atoms with Gasteiger partial charge in [-0.15, -0.1) is 0 Å². The SMILES string of the molecule is O=C(CNC1CC1)NCC1(N2CCCCC2)CCCCC1. The van der Waals surface area contributed by atoms with Crippen molar-refractivity contribution in [1.82, 2.24) is 15.5 Å². The third-order valence-electron chi connectivity index (χ3n) is 5.55. The monoisotopic (exact) mass is 293 g/mol. The smallest absolute Gasteiger partial charge is 0.234 e. The zero-order chi connectivity index (χ0) is 14.5. The summed E-state index contributed by atoms with van der Waals surface area (Å²) in [6.45, 7) is 3.82. The fraction of sp³-hybridized carbons (Fsp3) is 0.941. The molecule has 1 amide bonds. The number of rotatable bonds is 6. The summed E-state index contributed by atoms with van der Waals surface area (Å²) in [6.07, 6.45) is 13.1. The minimum Gasteiger partial charge on any atom is -0.353 e. The molecule has 0 aromatic heterocycles. The standard InChI is InChI=1S/C17H31N3O/c21-16(13-18-15-7-8-15)19-14-17(9-3-1-4-10-17)20-11-5-2-6-12-20/h15,18H,1-14H2,(H,19,21). The third-order valence-corrected chi connectivity index (χ3v) is 5.55. The number of likely N-dealkylation sites (tertiary alicyclic amines) is 1. The lowest BCUT2D eigenvalue weighted by Crippen LogP contribution is -2.58. The van der Waals surface area contributed by atoms with Gasteiger partial charge in [0.1, 0.15) is 0 Å². The van der Waals surface area contributed by atoms with E-state index in [1.54, 1.807) is 0 Å². The lowest BCUT2D eigenvalue weighted by molar-refractivity contribution is -0.121. The Labute approximate surface area is 129 Å². The normalized spacial score (nSPS) is 26.5. The maximum atomic E-state index is 12.1. The second-order valence-corrected chi connectivity index (χ2v) is 7.26. The Morgan fingerprint density at radius 2 is 1.67 bits per heavy atom. The van der Waals surface area contributed by atoms with Crippen LogP contribution >= 0.6 is 0 Å². The Kier molecular flexibility index (Phi) is 5.17. The highest BCUT2D eigenvalue weighted by Crippen LogP contribution is 2.35. The molecular weight excluding hydrogens is 262 g/mol. The summed E-state index contributed by atoms with van der Waals surface area (Å²) >= 11 is 0. The number of nitrogens with zero attached hydrogens (tertiary/aromatic N) is 1. The zero-order valence-electron chi connectivity index (χ0n) is 13.3. The van der Waals surface area contributed by atoms with E-state index >= 15 is 0 Å². The number of carbonyl (C=O) groups excluding carboxylic acids is 1. The molecule has 0 aromatic rings. The Balaban J connectivity index is 1.52. The van der Waals surface area contributed by atoms with E-state index < -0.39 is 0 Å². The van der Waals surface area contributed by atoms with Crippen LogP contribution in [0.15, 0.2) is 0 Å². The number of piperidine rings is 1. The van der Waals surface area contributed by atoms with Crippen LogP contribution in [-0.4, -0.2) is 48.6 Å². The Hall–Kier alpha value is -0.610. The number of hydrogen-bond donors (Lipinski definition) is 2. The molecule has 3 rings (SSSR count). The maximum absolute atomic E-state index is 12.1. The number of hydrogen-bond acceptors (Lipinski definition) is 3. The van der Waals surface area contributed by atoms with E-state index in [2.05, 4.69) is 15.5 Å². The van der Waals surface area contributed by atoms with E-state index in [1.165, 1.54) is 77.3 Å². The van der Waals surface area contributed by atoms with Crippen molar-refractivity contribution in [2.24, 2.45) is 0 Å². The molecule has 4 nitrogen and oxygen atoms in total. The van der Waals surface area contributed by atoms with Crippen LogP contribution in [-0.2, 0) is 4.79 Å². The third kappa shape index (κ3) is 4.19. The molecule has 4 heteroatoms. The van der Waals surface area contributed by atoms with Gasteiger partial charge in [-0.25, -0.2) is 0 Å². The van der Waals surface area contributed by atoms with E-state index in [-0.39, 0.29) is 11.4 Å². The van der Waals surface area contributed by atoms with Crippen LogP contribution in [0.25, 0.3) is 0 Å². The number of carbonyl (C=O) groups is 1. The molecular formula is C17H31N3O. The highest BCUT2D eigenvalue weighted by atomic mass is 16.1. The summed E-state index contributed by atoms with van der Waals surface area (Å²) < 4.78 is 0. The molecule has 21 heavy (non-hydrogen) atoms. The molecule has 3 aliphatic rings. The molecule has 0 spiro atoms. The first-order valence-corrected chi connectivity index (χ1v) is 9.04. The Bertz CT molecular complexity index is 342. The van der Waals surface area contributed by atoms with Gasteiger partial charge in [-0.2, -0.15) is 0 Å². The topological polar surface area (TPSA) is 44.4 Å². The first-order valence-electron chi connectivity index (χ1n) is 9.04. The average molecular weight is 293 g/mol. The molecule has 120 valence electrons. The molecule has 2 aliphatic carbocycles. The predicted octanol–water partition coefficient (Wildman–Crippen LogP) is 2.04. The van der Waals surface area contributed by atoms with Gasteiger partial charge in [0.05, 0.1) is 6.54 Å². The van der Waals surface area contributed by atoms with Crippen LogP contribution in [0.4, 0.5) is 0 Å². The zero-order valence-corrected chi connectivity index (χ0v) is 13.3. The predicted molar refractivity (Wildman–Crippen MR) is 85.3 cm³/mol. The summed E-state index contributed by atoms with van der Waals surface area (Å²) in [5.74, 6) is 0.184. The van der Waals surface area contributed by atoms with Gasteiger partial charge in [-0.05, 0) is 51.6 Å². The highest BCUT2D eigenvalue weighted by Gasteiger charge is 2.38. The van der Waals surface area contributed by atoms with Crippen LogP contribution in [0, 0.1) is 0 Å². The van der Waals surface area contributed by atoms with Crippen molar-refractivity contribution < 1.29 is 4.79 Å². The van der Waals surface area contributed by atoms with Gasteiger partial charge in [0.15, 0.2) is 0 Å². The van der Waals surface area contributed by atoms with Crippen LogP contribution in [0.2, 0.25) is 0 Å². The quantitative estimate of drug-likeness (QED) is 0.788. The van der Waals surface area contributed by atoms with Crippen LogP contribution < -0.4 is 10.6 Å². The van der Waals surface area contributed by atoms with Gasteiger partial charge in [-0.1, -0.05) is 25.7 Å². The molecule has 2 N–H and O–H groups in total. The molecule has 2 saturated carbocycles. The van der Waals surface area contributed by atoms with Crippen molar-refractivity contribution in [3.8, 4) is 0 Å². The van der Waals surface area contributed by atoms with Crippen molar-refractivity contribution in [2.45, 2.75) is 75.8 Å². The molecule has 0 radical (unpaired) electrons. The van der Waals surface area contributed by atoms with Gasteiger partial charge in [0, 0.05) is 18.1 Å². The van der Waals surface area contributed by atoms with E-state index in [4.69, 9.17) is 0 Å². The van der Waals surface area contributed by atoms with Gasteiger partial charge < -0.3 is 10.6 Å². The molecule has 0 aromatic carbocycles. The minimum atomic E-state index is 0.184. The highest BCUT2D eigenvalue weighted by molar-refractivity contribution is 5.78. The molecule has 0 bridgehead atoms. The first-order chi connectivity index (χ1) is 10.3. The molecule has 1 heterocycles. The minimum absolute atomic E-state index is 0.184. The lowest BCUT2D eigenvalue weighted by Gasteiger charge is -2.48. The van der Waals surface area contributed by atoms with Crippen molar-refractivity contribution in [3.05, 3.63) is 0 Å². The lowest BCUT2D eigenvalue weighted by atomic mass is 9.79. The van der Waals surface area contributed by atoms with Gasteiger partial charge >= 0.3 is 0 Å². The summed E-state index contributed by atoms with van der Waals surface area (Å²) in [7, 11) is 0. The van der Waals surface area contributed by atoms with Gasteiger partial charge in [0.2, 0.25) is 5.91 Å². The largest absolute Gasteiger partial charge is 0.353 e. The van der Waals surface area contributed by atoms with Gasteiger partial charge in [0.25, 0.3) is 0 Å². The summed E-state index contributed by atoms with van der Waals surface area (Å²) in [6, 6.07) is 0.612. The van der Waals surface area contributed by atoms with Crippen molar-refractivity contribution >= 4 is 5.91 Å². The van der Waals surface area contributed by atoms with Crippen LogP contribution in [0.5, 0.6) is 0 Å².